The van der Waals surface area contributed by atoms with E-state index in [2.05, 4.69) is 15.7 Å². The lowest BCUT2D eigenvalue weighted by atomic mass is 9.97. The normalized spacial score (nSPS) is 22.0. The van der Waals surface area contributed by atoms with Crippen LogP contribution in [0.25, 0.3) is 0 Å². The van der Waals surface area contributed by atoms with Crippen LogP contribution in [0.15, 0.2) is 6.07 Å². The first kappa shape index (κ1) is 17.3. The van der Waals surface area contributed by atoms with Crippen molar-refractivity contribution in [2.24, 2.45) is 17.9 Å². The molecule has 2 amide bonds. The van der Waals surface area contributed by atoms with Gasteiger partial charge in [0.1, 0.15) is 5.69 Å². The zero-order valence-corrected chi connectivity index (χ0v) is 13.2. The Labute approximate surface area is 132 Å². The Morgan fingerprint density at radius 3 is 2.48 bits per heavy atom. The maximum Gasteiger partial charge on any atom is 0.314 e. The van der Waals surface area contributed by atoms with Crippen LogP contribution in [0.3, 0.4) is 0 Å². The first-order chi connectivity index (χ1) is 10.6. The van der Waals surface area contributed by atoms with Crippen molar-refractivity contribution in [1.82, 2.24) is 15.1 Å². The fourth-order valence-corrected chi connectivity index (χ4v) is 2.68. The Morgan fingerprint density at radius 2 is 2.04 bits per heavy atom. The van der Waals surface area contributed by atoms with Gasteiger partial charge in [-0.1, -0.05) is 13.8 Å². The number of anilines is 1. The second-order valence-corrected chi connectivity index (χ2v) is 6.51. The highest BCUT2D eigenvalue weighted by Gasteiger charge is 2.60. The number of hydrogen-bond donors (Lipinski definition) is 3. The van der Waals surface area contributed by atoms with Crippen LogP contribution in [0, 0.1) is 10.8 Å². The van der Waals surface area contributed by atoms with E-state index in [1.807, 2.05) is 13.8 Å². The van der Waals surface area contributed by atoms with Crippen molar-refractivity contribution >= 4 is 17.6 Å². The highest BCUT2D eigenvalue weighted by molar-refractivity contribution is 6.39. The molecule has 0 radical (unpaired) electrons. The topological polar surface area (TPSA) is 96.2 Å². The molecule has 0 aliphatic heterocycles. The van der Waals surface area contributed by atoms with Crippen molar-refractivity contribution in [3.8, 4) is 0 Å². The van der Waals surface area contributed by atoms with Gasteiger partial charge in [0.15, 0.2) is 5.82 Å². The number of nitrogens with zero attached hydrogens (tertiary/aromatic N) is 2. The molecule has 0 saturated heterocycles. The van der Waals surface area contributed by atoms with Crippen LogP contribution in [0.2, 0.25) is 0 Å². The van der Waals surface area contributed by atoms with Gasteiger partial charge >= 0.3 is 11.8 Å². The lowest BCUT2D eigenvalue weighted by molar-refractivity contribution is -0.136. The van der Waals surface area contributed by atoms with Crippen molar-refractivity contribution in [1.29, 1.82) is 0 Å². The van der Waals surface area contributed by atoms with Crippen molar-refractivity contribution < 1.29 is 23.5 Å². The van der Waals surface area contributed by atoms with Crippen molar-refractivity contribution in [3.05, 3.63) is 11.8 Å². The first-order valence-corrected chi connectivity index (χ1v) is 7.14. The summed E-state index contributed by atoms with van der Waals surface area (Å²) in [6.45, 7) is 4.03. The summed E-state index contributed by atoms with van der Waals surface area (Å²) in [5.41, 5.74) is -0.880. The van der Waals surface area contributed by atoms with Gasteiger partial charge in [-0.15, -0.1) is 0 Å². The van der Waals surface area contributed by atoms with E-state index in [-0.39, 0.29) is 30.1 Å². The molecule has 1 atom stereocenters. The summed E-state index contributed by atoms with van der Waals surface area (Å²) in [5.74, 6) is -2.01. The largest absolute Gasteiger partial charge is 0.396 e. The predicted molar refractivity (Wildman–Crippen MR) is 77.7 cm³/mol. The van der Waals surface area contributed by atoms with E-state index in [9.17, 15) is 23.5 Å². The van der Waals surface area contributed by atoms with Gasteiger partial charge in [-0.05, 0) is 11.8 Å². The lowest BCUT2D eigenvalue weighted by Crippen LogP contribution is -2.40. The number of nitrogens with one attached hydrogen (secondary N) is 2. The monoisotopic (exact) mass is 330 g/mol. The van der Waals surface area contributed by atoms with E-state index in [4.69, 9.17) is 0 Å². The van der Waals surface area contributed by atoms with Crippen LogP contribution in [-0.4, -0.2) is 39.9 Å². The number of rotatable bonds is 5. The lowest BCUT2D eigenvalue weighted by Gasteiger charge is -2.18. The van der Waals surface area contributed by atoms with E-state index in [1.54, 1.807) is 0 Å². The van der Waals surface area contributed by atoms with Crippen molar-refractivity contribution in [3.63, 3.8) is 0 Å². The van der Waals surface area contributed by atoms with Gasteiger partial charge in [0.05, 0.1) is 6.61 Å². The van der Waals surface area contributed by atoms with Crippen LogP contribution in [0.5, 0.6) is 0 Å². The summed E-state index contributed by atoms with van der Waals surface area (Å²) >= 11 is 0. The molecule has 23 heavy (non-hydrogen) atoms. The highest BCUT2D eigenvalue weighted by atomic mass is 19.3. The number of aryl methyl sites for hydroxylation is 1. The second-order valence-electron chi connectivity index (χ2n) is 6.51. The van der Waals surface area contributed by atoms with E-state index >= 15 is 0 Å². The molecular weight excluding hydrogens is 310 g/mol. The van der Waals surface area contributed by atoms with E-state index in [1.165, 1.54) is 7.05 Å². The Kier molecular flexibility index (Phi) is 4.43. The SMILES string of the molecule is Cn1nc(NC(=O)C(=O)NCC2(CO)CC2(C)C)cc1C(F)F. The molecule has 9 heteroatoms. The van der Waals surface area contributed by atoms with Crippen LogP contribution in [0.4, 0.5) is 14.6 Å². The average molecular weight is 330 g/mol. The molecule has 1 aliphatic carbocycles. The fraction of sp³-hybridized carbons (Fsp3) is 0.643. The van der Waals surface area contributed by atoms with E-state index in [0.717, 1.165) is 17.2 Å². The average Bonchev–Trinajstić information content (AvgIpc) is 2.81. The number of carbonyl (C=O) groups is 2. The minimum Gasteiger partial charge on any atom is -0.396 e. The number of amides is 2. The Morgan fingerprint density at radius 1 is 1.43 bits per heavy atom. The third-order valence-electron chi connectivity index (χ3n) is 4.57. The summed E-state index contributed by atoms with van der Waals surface area (Å²) in [6.07, 6.45) is -1.98. The zero-order valence-electron chi connectivity index (χ0n) is 13.2. The molecule has 3 N–H and O–H groups in total. The van der Waals surface area contributed by atoms with E-state index < -0.39 is 23.7 Å². The number of alkyl halides is 2. The minimum absolute atomic E-state index is 0.0834. The molecule has 128 valence electrons. The molecule has 1 aromatic rings. The summed E-state index contributed by atoms with van der Waals surface area (Å²) in [4.78, 5) is 23.6. The van der Waals surface area contributed by atoms with Gasteiger partial charge in [-0.3, -0.25) is 14.3 Å². The van der Waals surface area contributed by atoms with Gasteiger partial charge in [0.25, 0.3) is 6.43 Å². The summed E-state index contributed by atoms with van der Waals surface area (Å²) in [5, 5.41) is 17.8. The van der Waals surface area contributed by atoms with Gasteiger partial charge < -0.3 is 15.7 Å². The summed E-state index contributed by atoms with van der Waals surface area (Å²) in [7, 11) is 1.32. The predicted octanol–water partition coefficient (Wildman–Crippen LogP) is 0.821. The smallest absolute Gasteiger partial charge is 0.314 e. The number of aliphatic hydroxyl groups is 1. The summed E-state index contributed by atoms with van der Waals surface area (Å²) < 4.78 is 26.2. The van der Waals surface area contributed by atoms with Crippen molar-refractivity contribution in [2.45, 2.75) is 26.7 Å². The van der Waals surface area contributed by atoms with Gasteiger partial charge in [-0.25, -0.2) is 8.78 Å². The second kappa shape index (κ2) is 5.88. The Hall–Kier alpha value is -2.03. The third kappa shape index (κ3) is 3.34. The standard InChI is InChI=1S/C14H20F2N4O3/c1-13(2)5-14(13,7-21)6-17-11(22)12(23)18-9-4-8(10(15)16)20(3)19-9/h4,10,21H,5-7H2,1-3H3,(H,17,22)(H,18,19,23). The quantitative estimate of drug-likeness (QED) is 0.697. The molecular formula is C14H20F2N4O3. The molecule has 0 spiro atoms. The molecule has 0 aromatic carbocycles. The molecule has 1 aliphatic rings. The van der Waals surface area contributed by atoms with Crippen LogP contribution >= 0.6 is 0 Å². The maximum absolute atomic E-state index is 12.6. The molecule has 1 saturated carbocycles. The molecule has 1 heterocycles. The van der Waals surface area contributed by atoms with E-state index in [0.29, 0.717) is 0 Å². The zero-order chi connectivity index (χ0) is 17.4. The number of carbonyl (C=O) groups excluding carboxylic acids is 2. The highest BCUT2D eigenvalue weighted by Crippen LogP contribution is 2.62. The molecule has 7 nitrogen and oxygen atoms in total. The number of halogens is 2. The third-order valence-corrected chi connectivity index (χ3v) is 4.57. The summed E-state index contributed by atoms with van der Waals surface area (Å²) in [6, 6.07) is 1.01. The Balaban J connectivity index is 1.91. The minimum atomic E-state index is -2.73. The number of aliphatic hydroxyl groups excluding tert-OH is 1. The van der Waals surface area contributed by atoms with Gasteiger partial charge in [-0.2, -0.15) is 5.10 Å². The molecule has 1 fully saturated rings. The molecule has 1 unspecified atom stereocenters. The van der Waals surface area contributed by atoms with Crippen LogP contribution < -0.4 is 10.6 Å². The van der Waals surface area contributed by atoms with Gasteiger partial charge in [0, 0.05) is 25.1 Å². The van der Waals surface area contributed by atoms with Gasteiger partial charge in [0.2, 0.25) is 0 Å². The number of aromatic nitrogens is 2. The molecule has 2 rings (SSSR count). The number of hydrogen-bond acceptors (Lipinski definition) is 4. The Bertz CT molecular complexity index is 630. The maximum atomic E-state index is 12.6. The fourth-order valence-electron chi connectivity index (χ4n) is 2.68. The molecule has 0 bridgehead atoms. The first-order valence-electron chi connectivity index (χ1n) is 7.14. The molecule has 1 aromatic heterocycles. The van der Waals surface area contributed by atoms with Crippen LogP contribution in [0.1, 0.15) is 32.4 Å². The van der Waals surface area contributed by atoms with Crippen LogP contribution in [-0.2, 0) is 16.6 Å². The van der Waals surface area contributed by atoms with Crippen molar-refractivity contribution in [2.75, 3.05) is 18.5 Å².